The monoisotopic (exact) mass is 362 g/mol. The van der Waals surface area contributed by atoms with Crippen molar-refractivity contribution in [2.75, 3.05) is 11.9 Å². The summed E-state index contributed by atoms with van der Waals surface area (Å²) in [5.41, 5.74) is 2.97. The van der Waals surface area contributed by atoms with Gasteiger partial charge in [0, 0.05) is 17.8 Å². The average Bonchev–Trinajstić information content (AvgIpc) is 3.43. The van der Waals surface area contributed by atoms with Crippen molar-refractivity contribution in [3.8, 4) is 11.4 Å². The second-order valence-corrected chi connectivity index (χ2v) is 6.73. The van der Waals surface area contributed by atoms with E-state index in [1.807, 2.05) is 47.1 Å². The lowest BCUT2D eigenvalue weighted by atomic mass is 10.1. The van der Waals surface area contributed by atoms with Crippen molar-refractivity contribution in [2.45, 2.75) is 31.7 Å². The lowest BCUT2D eigenvalue weighted by Crippen LogP contribution is -2.29. The molecule has 0 aliphatic heterocycles. The summed E-state index contributed by atoms with van der Waals surface area (Å²) >= 11 is 0. The first-order chi connectivity index (χ1) is 13.3. The molecule has 27 heavy (non-hydrogen) atoms. The Morgan fingerprint density at radius 2 is 1.85 bits per heavy atom. The second-order valence-electron chi connectivity index (χ2n) is 6.73. The smallest absolute Gasteiger partial charge is 0.319 e. The molecule has 7 heteroatoms. The van der Waals surface area contributed by atoms with Crippen molar-refractivity contribution >= 4 is 11.7 Å². The Hall–Kier alpha value is -3.22. The number of tetrazole rings is 1. The van der Waals surface area contributed by atoms with Gasteiger partial charge in [-0.3, -0.25) is 0 Å². The Morgan fingerprint density at radius 1 is 1.07 bits per heavy atom. The largest absolute Gasteiger partial charge is 0.338 e. The number of nitrogens with zero attached hydrogens (tertiary/aromatic N) is 4. The van der Waals surface area contributed by atoms with Crippen LogP contribution in [0.5, 0.6) is 0 Å². The number of hydrogen-bond donors (Lipinski definition) is 2. The number of carbonyl (C=O) groups excluding carboxylic acids is 1. The third kappa shape index (κ3) is 4.49. The van der Waals surface area contributed by atoms with Crippen LogP contribution < -0.4 is 10.6 Å². The third-order valence-corrected chi connectivity index (χ3v) is 4.56. The summed E-state index contributed by atoms with van der Waals surface area (Å²) in [6.45, 7) is 0.634. The molecule has 0 saturated heterocycles. The Bertz CT molecular complexity index is 886. The van der Waals surface area contributed by atoms with Gasteiger partial charge in [0.05, 0.1) is 6.04 Å². The van der Waals surface area contributed by atoms with Crippen LogP contribution in [0.15, 0.2) is 54.6 Å². The van der Waals surface area contributed by atoms with E-state index in [0.29, 0.717) is 12.6 Å². The van der Waals surface area contributed by atoms with Crippen molar-refractivity contribution in [1.82, 2.24) is 25.5 Å². The summed E-state index contributed by atoms with van der Waals surface area (Å²) in [7, 11) is 0. The number of hydrogen-bond acceptors (Lipinski definition) is 4. The number of nitrogens with one attached hydrogen (secondary N) is 2. The second kappa shape index (κ2) is 7.99. The van der Waals surface area contributed by atoms with E-state index in [9.17, 15) is 4.79 Å². The molecule has 7 nitrogen and oxygen atoms in total. The number of aryl methyl sites for hydroxylation is 1. The number of rotatable bonds is 7. The molecule has 1 aromatic heterocycles. The fourth-order valence-corrected chi connectivity index (χ4v) is 2.97. The maximum absolute atomic E-state index is 12.0. The first-order valence-electron chi connectivity index (χ1n) is 9.27. The van der Waals surface area contributed by atoms with Crippen LogP contribution in [0.3, 0.4) is 0 Å². The fourth-order valence-electron chi connectivity index (χ4n) is 2.97. The third-order valence-electron chi connectivity index (χ3n) is 4.56. The predicted molar refractivity (Wildman–Crippen MR) is 103 cm³/mol. The molecule has 1 aliphatic rings. The average molecular weight is 362 g/mol. The van der Waals surface area contributed by atoms with E-state index >= 15 is 0 Å². The van der Waals surface area contributed by atoms with Gasteiger partial charge in [0.15, 0.2) is 5.82 Å². The van der Waals surface area contributed by atoms with E-state index in [1.54, 1.807) is 0 Å². The molecule has 3 aromatic rings. The molecule has 0 bridgehead atoms. The van der Waals surface area contributed by atoms with E-state index in [1.165, 1.54) is 5.56 Å². The van der Waals surface area contributed by atoms with Crippen LogP contribution in [0.2, 0.25) is 0 Å². The van der Waals surface area contributed by atoms with Crippen molar-refractivity contribution in [2.24, 2.45) is 0 Å². The number of aromatic nitrogens is 4. The minimum Gasteiger partial charge on any atom is -0.338 e. The maximum Gasteiger partial charge on any atom is 0.319 e. The summed E-state index contributed by atoms with van der Waals surface area (Å²) in [6.07, 6.45) is 4.11. The van der Waals surface area contributed by atoms with E-state index in [-0.39, 0.29) is 6.03 Å². The van der Waals surface area contributed by atoms with Gasteiger partial charge in [-0.25, -0.2) is 9.48 Å². The van der Waals surface area contributed by atoms with Gasteiger partial charge in [-0.05, 0) is 65.9 Å². The molecular weight excluding hydrogens is 340 g/mol. The molecule has 1 saturated carbocycles. The Kier molecular flexibility index (Phi) is 5.09. The molecule has 2 aromatic carbocycles. The van der Waals surface area contributed by atoms with Crippen LogP contribution in [-0.4, -0.2) is 32.8 Å². The van der Waals surface area contributed by atoms with Crippen LogP contribution in [0.4, 0.5) is 10.5 Å². The van der Waals surface area contributed by atoms with Crippen molar-refractivity contribution < 1.29 is 4.79 Å². The van der Waals surface area contributed by atoms with Gasteiger partial charge >= 0.3 is 6.03 Å². The topological polar surface area (TPSA) is 84.7 Å². The molecule has 1 aliphatic carbocycles. The van der Waals surface area contributed by atoms with E-state index < -0.39 is 0 Å². The van der Waals surface area contributed by atoms with Gasteiger partial charge in [0.25, 0.3) is 0 Å². The standard InChI is InChI=1S/C20H22N6O/c27-20(21-14-4-7-15-5-2-1-3-6-15)22-17-10-8-16(9-11-17)19-23-24-25-26(19)18-12-13-18/h1-3,5-6,8-11,18H,4,7,12-14H2,(H2,21,22,27). The minimum atomic E-state index is -0.196. The zero-order valence-electron chi connectivity index (χ0n) is 15.0. The Morgan fingerprint density at radius 3 is 2.59 bits per heavy atom. The van der Waals surface area contributed by atoms with Gasteiger partial charge in [0.1, 0.15) is 0 Å². The molecule has 2 N–H and O–H groups in total. The predicted octanol–water partition coefficient (Wildman–Crippen LogP) is 3.43. The maximum atomic E-state index is 12.0. The Balaban J connectivity index is 1.25. The van der Waals surface area contributed by atoms with E-state index in [2.05, 4.69) is 38.3 Å². The first kappa shape index (κ1) is 17.2. The summed E-state index contributed by atoms with van der Waals surface area (Å²) < 4.78 is 1.88. The quantitative estimate of drug-likeness (QED) is 0.631. The first-order valence-corrected chi connectivity index (χ1v) is 9.27. The molecule has 0 unspecified atom stereocenters. The van der Waals surface area contributed by atoms with Crippen LogP contribution in [0.25, 0.3) is 11.4 Å². The summed E-state index contributed by atoms with van der Waals surface area (Å²) in [6, 6.07) is 18.1. The van der Waals surface area contributed by atoms with Crippen molar-refractivity contribution in [3.05, 3.63) is 60.2 Å². The van der Waals surface area contributed by atoms with Gasteiger partial charge in [-0.1, -0.05) is 30.3 Å². The van der Waals surface area contributed by atoms with Crippen LogP contribution in [0.1, 0.15) is 30.9 Å². The normalized spacial score (nSPS) is 13.3. The highest BCUT2D eigenvalue weighted by Gasteiger charge is 2.28. The summed E-state index contributed by atoms with van der Waals surface area (Å²) in [4.78, 5) is 12.0. The van der Waals surface area contributed by atoms with Crippen LogP contribution >= 0.6 is 0 Å². The number of urea groups is 1. The van der Waals surface area contributed by atoms with Gasteiger partial charge in [0.2, 0.25) is 0 Å². The summed E-state index contributed by atoms with van der Waals surface area (Å²) in [5, 5.41) is 17.7. The zero-order valence-corrected chi connectivity index (χ0v) is 15.0. The van der Waals surface area contributed by atoms with Crippen molar-refractivity contribution in [3.63, 3.8) is 0 Å². The number of carbonyl (C=O) groups is 1. The zero-order chi connectivity index (χ0) is 18.5. The van der Waals surface area contributed by atoms with Gasteiger partial charge in [-0.2, -0.15) is 0 Å². The molecule has 0 spiro atoms. The molecule has 1 fully saturated rings. The van der Waals surface area contributed by atoms with Gasteiger partial charge in [-0.15, -0.1) is 5.10 Å². The molecule has 2 amide bonds. The highest BCUT2D eigenvalue weighted by atomic mass is 16.2. The van der Waals surface area contributed by atoms with Crippen LogP contribution in [0, 0.1) is 0 Å². The fraction of sp³-hybridized carbons (Fsp3) is 0.300. The molecule has 0 atom stereocenters. The van der Waals surface area contributed by atoms with E-state index in [0.717, 1.165) is 42.8 Å². The Labute approximate surface area is 157 Å². The molecule has 0 radical (unpaired) electrons. The SMILES string of the molecule is O=C(NCCCc1ccccc1)Nc1ccc(-c2nnnn2C2CC2)cc1. The summed E-state index contributed by atoms with van der Waals surface area (Å²) in [5.74, 6) is 0.773. The van der Waals surface area contributed by atoms with Crippen LogP contribution in [-0.2, 0) is 6.42 Å². The van der Waals surface area contributed by atoms with Gasteiger partial charge < -0.3 is 10.6 Å². The number of amides is 2. The van der Waals surface area contributed by atoms with Crippen molar-refractivity contribution in [1.29, 1.82) is 0 Å². The number of anilines is 1. The highest BCUT2D eigenvalue weighted by Crippen LogP contribution is 2.36. The highest BCUT2D eigenvalue weighted by molar-refractivity contribution is 5.89. The molecule has 138 valence electrons. The molecular formula is C20H22N6O. The molecule has 4 rings (SSSR count). The molecule has 1 heterocycles. The minimum absolute atomic E-state index is 0.196. The lowest BCUT2D eigenvalue weighted by molar-refractivity contribution is 0.252. The lowest BCUT2D eigenvalue weighted by Gasteiger charge is -2.08. The number of benzene rings is 2. The van der Waals surface area contributed by atoms with E-state index in [4.69, 9.17) is 0 Å².